The molecule has 1 atom stereocenters. The Morgan fingerprint density at radius 2 is 2.32 bits per heavy atom. The van der Waals surface area contributed by atoms with Crippen molar-refractivity contribution in [3.63, 3.8) is 0 Å². The Balaban J connectivity index is 2.11. The molecule has 1 aromatic rings. The second kappa shape index (κ2) is 6.22. The fourth-order valence-electron chi connectivity index (χ4n) is 2.42. The zero-order valence-electron chi connectivity index (χ0n) is 11.1. The van der Waals surface area contributed by atoms with E-state index in [1.807, 2.05) is 6.92 Å². The van der Waals surface area contributed by atoms with Crippen molar-refractivity contribution < 1.29 is 8.42 Å². The standard InChI is InChI=1S/C12H19BrN2O2S2/c1-3-15-6-4-5-10(8-15)14-19(16,17)11-7-12(13)18-9(11)2/h7,10,14H,3-6,8H2,1-2H3. The summed E-state index contributed by atoms with van der Waals surface area (Å²) in [6.07, 6.45) is 1.97. The van der Waals surface area contributed by atoms with Gasteiger partial charge >= 0.3 is 0 Å². The average molecular weight is 367 g/mol. The minimum absolute atomic E-state index is 0.0248. The van der Waals surface area contributed by atoms with E-state index in [1.165, 1.54) is 11.3 Å². The van der Waals surface area contributed by atoms with Crippen LogP contribution in [-0.4, -0.2) is 39.0 Å². The molecule has 0 aliphatic carbocycles. The van der Waals surface area contributed by atoms with Crippen molar-refractivity contribution in [2.75, 3.05) is 19.6 Å². The molecule has 4 nitrogen and oxygen atoms in total. The second-order valence-electron chi connectivity index (χ2n) is 4.82. The van der Waals surface area contributed by atoms with E-state index in [2.05, 4.69) is 32.5 Å². The summed E-state index contributed by atoms with van der Waals surface area (Å²) >= 11 is 4.79. The van der Waals surface area contributed by atoms with Crippen molar-refractivity contribution in [3.05, 3.63) is 14.7 Å². The van der Waals surface area contributed by atoms with Crippen molar-refractivity contribution in [1.29, 1.82) is 0 Å². The van der Waals surface area contributed by atoms with Crippen LogP contribution < -0.4 is 4.72 Å². The van der Waals surface area contributed by atoms with Crippen molar-refractivity contribution >= 4 is 37.3 Å². The molecule has 108 valence electrons. The van der Waals surface area contributed by atoms with Crippen molar-refractivity contribution in [3.8, 4) is 0 Å². The summed E-state index contributed by atoms with van der Waals surface area (Å²) in [5.74, 6) is 0. The molecule has 1 N–H and O–H groups in total. The van der Waals surface area contributed by atoms with Gasteiger partial charge in [0.15, 0.2) is 0 Å². The average Bonchev–Trinajstić information content (AvgIpc) is 2.69. The Labute approximate surface area is 127 Å². The number of sulfonamides is 1. The Bertz CT molecular complexity index is 542. The van der Waals surface area contributed by atoms with E-state index < -0.39 is 10.0 Å². The molecule has 19 heavy (non-hydrogen) atoms. The highest BCUT2D eigenvalue weighted by Crippen LogP contribution is 2.29. The number of likely N-dealkylation sites (tertiary alicyclic amines) is 1. The molecule has 0 radical (unpaired) electrons. The minimum atomic E-state index is -3.40. The topological polar surface area (TPSA) is 49.4 Å². The van der Waals surface area contributed by atoms with Crippen LogP contribution in [0.25, 0.3) is 0 Å². The molecule has 1 unspecified atom stereocenters. The number of rotatable bonds is 4. The lowest BCUT2D eigenvalue weighted by molar-refractivity contribution is 0.211. The molecular formula is C12H19BrN2O2S2. The lowest BCUT2D eigenvalue weighted by Crippen LogP contribution is -2.47. The lowest BCUT2D eigenvalue weighted by Gasteiger charge is -2.32. The molecule has 0 bridgehead atoms. The SMILES string of the molecule is CCN1CCCC(NS(=O)(=O)c2cc(Br)sc2C)C1. The largest absolute Gasteiger partial charge is 0.302 e. The van der Waals surface area contributed by atoms with E-state index in [1.54, 1.807) is 6.07 Å². The number of hydrogen-bond donors (Lipinski definition) is 1. The molecule has 1 aliphatic heterocycles. The highest BCUT2D eigenvalue weighted by atomic mass is 79.9. The number of likely N-dealkylation sites (N-methyl/N-ethyl adjacent to an activating group) is 1. The van der Waals surface area contributed by atoms with Crippen LogP contribution in [0.15, 0.2) is 14.7 Å². The van der Waals surface area contributed by atoms with Crippen molar-refractivity contribution in [1.82, 2.24) is 9.62 Å². The summed E-state index contributed by atoms with van der Waals surface area (Å²) in [6, 6.07) is 1.71. The van der Waals surface area contributed by atoms with Crippen LogP contribution >= 0.6 is 27.3 Å². The van der Waals surface area contributed by atoms with Crippen LogP contribution in [0, 0.1) is 6.92 Å². The summed E-state index contributed by atoms with van der Waals surface area (Å²) in [7, 11) is -3.40. The van der Waals surface area contributed by atoms with Gasteiger partial charge in [-0.3, -0.25) is 0 Å². The normalized spacial score (nSPS) is 21.7. The van der Waals surface area contributed by atoms with Gasteiger partial charge in [0.2, 0.25) is 10.0 Å². The van der Waals surface area contributed by atoms with Crippen LogP contribution in [-0.2, 0) is 10.0 Å². The minimum Gasteiger partial charge on any atom is -0.302 e. The zero-order valence-corrected chi connectivity index (χ0v) is 14.4. The summed E-state index contributed by atoms with van der Waals surface area (Å²) in [5.41, 5.74) is 0. The van der Waals surface area contributed by atoms with Gasteiger partial charge < -0.3 is 4.90 Å². The van der Waals surface area contributed by atoms with Gasteiger partial charge in [-0.25, -0.2) is 13.1 Å². The molecule has 1 fully saturated rings. The maximum atomic E-state index is 12.4. The fraction of sp³-hybridized carbons (Fsp3) is 0.667. The van der Waals surface area contributed by atoms with E-state index in [9.17, 15) is 8.42 Å². The Hall–Kier alpha value is 0.0500. The van der Waals surface area contributed by atoms with Crippen LogP contribution in [0.2, 0.25) is 0 Å². The molecule has 7 heteroatoms. The number of nitrogens with one attached hydrogen (secondary N) is 1. The first-order chi connectivity index (χ1) is 8.92. The van der Waals surface area contributed by atoms with Gasteiger partial charge in [0.25, 0.3) is 0 Å². The van der Waals surface area contributed by atoms with Gasteiger partial charge in [-0.05, 0) is 54.9 Å². The molecule has 0 saturated carbocycles. The third-order valence-corrected chi connectivity index (χ3v) is 6.74. The smallest absolute Gasteiger partial charge is 0.241 e. The number of halogens is 1. The molecule has 2 heterocycles. The number of aryl methyl sites for hydroxylation is 1. The summed E-state index contributed by atoms with van der Waals surface area (Å²) < 4.78 is 28.5. The monoisotopic (exact) mass is 366 g/mol. The van der Waals surface area contributed by atoms with Gasteiger partial charge in [-0.2, -0.15) is 0 Å². The van der Waals surface area contributed by atoms with Crippen molar-refractivity contribution in [2.45, 2.75) is 37.6 Å². The molecular weight excluding hydrogens is 348 g/mol. The summed E-state index contributed by atoms with van der Waals surface area (Å²) in [4.78, 5) is 3.51. The molecule has 1 saturated heterocycles. The highest BCUT2D eigenvalue weighted by molar-refractivity contribution is 9.11. The lowest BCUT2D eigenvalue weighted by atomic mass is 10.1. The third-order valence-electron chi connectivity index (χ3n) is 3.41. The van der Waals surface area contributed by atoms with E-state index in [0.717, 1.165) is 41.1 Å². The van der Waals surface area contributed by atoms with Gasteiger partial charge in [-0.1, -0.05) is 6.92 Å². The molecule has 0 aromatic carbocycles. The van der Waals surface area contributed by atoms with Gasteiger partial charge in [0, 0.05) is 17.5 Å². The first kappa shape index (κ1) is 15.4. The molecule has 1 aliphatic rings. The van der Waals surface area contributed by atoms with Crippen LogP contribution in [0.3, 0.4) is 0 Å². The molecule has 2 rings (SSSR count). The first-order valence-corrected chi connectivity index (χ1v) is 9.52. The predicted molar refractivity (Wildman–Crippen MR) is 82.2 cm³/mol. The number of nitrogens with zero attached hydrogens (tertiary/aromatic N) is 1. The highest BCUT2D eigenvalue weighted by Gasteiger charge is 2.26. The summed E-state index contributed by atoms with van der Waals surface area (Å²) in [5, 5.41) is 0. The zero-order chi connectivity index (χ0) is 14.0. The van der Waals surface area contributed by atoms with Gasteiger partial charge in [-0.15, -0.1) is 11.3 Å². The van der Waals surface area contributed by atoms with Gasteiger partial charge in [0.05, 0.1) is 8.68 Å². The first-order valence-electron chi connectivity index (χ1n) is 6.43. The van der Waals surface area contributed by atoms with E-state index in [-0.39, 0.29) is 6.04 Å². The second-order valence-corrected chi connectivity index (χ2v) is 9.14. The maximum Gasteiger partial charge on any atom is 0.241 e. The van der Waals surface area contributed by atoms with Crippen LogP contribution in [0.4, 0.5) is 0 Å². The maximum absolute atomic E-state index is 12.4. The number of piperidine rings is 1. The van der Waals surface area contributed by atoms with E-state index in [0.29, 0.717) is 4.90 Å². The fourth-order valence-corrected chi connectivity index (χ4v) is 6.10. The van der Waals surface area contributed by atoms with E-state index in [4.69, 9.17) is 0 Å². The van der Waals surface area contributed by atoms with E-state index >= 15 is 0 Å². The molecule has 1 aromatic heterocycles. The predicted octanol–water partition coefficient (Wildman–Crippen LogP) is 2.58. The molecule has 0 spiro atoms. The third kappa shape index (κ3) is 3.78. The quantitative estimate of drug-likeness (QED) is 0.890. The molecule has 0 amide bonds. The Morgan fingerprint density at radius 1 is 1.58 bits per heavy atom. The van der Waals surface area contributed by atoms with Crippen molar-refractivity contribution in [2.24, 2.45) is 0 Å². The Morgan fingerprint density at radius 3 is 2.89 bits per heavy atom. The Kier molecular flexibility index (Phi) is 5.05. The van der Waals surface area contributed by atoms with Crippen LogP contribution in [0.1, 0.15) is 24.6 Å². The summed E-state index contributed by atoms with van der Waals surface area (Å²) in [6.45, 7) is 6.79. The van der Waals surface area contributed by atoms with Crippen LogP contribution in [0.5, 0.6) is 0 Å². The number of thiophene rings is 1. The number of hydrogen-bond acceptors (Lipinski definition) is 4. The van der Waals surface area contributed by atoms with Gasteiger partial charge in [0.1, 0.15) is 0 Å².